The molecular formula is C9H12N2O6. The summed E-state index contributed by atoms with van der Waals surface area (Å²) in [6.07, 6.45) is -0.839. The number of hydrogen-bond acceptors (Lipinski definition) is 6. The van der Waals surface area contributed by atoms with Crippen molar-refractivity contribution >= 4 is 11.8 Å². The van der Waals surface area contributed by atoms with Crippen molar-refractivity contribution < 1.29 is 24.0 Å². The fraction of sp³-hybridized carbons (Fsp3) is 0.444. The molecule has 8 heteroatoms. The van der Waals surface area contributed by atoms with Crippen LogP contribution in [0.3, 0.4) is 0 Å². The molecule has 94 valence electrons. The first kappa shape index (κ1) is 13.1. The van der Waals surface area contributed by atoms with Crippen LogP contribution < -0.4 is 5.32 Å². The normalized spacial score (nSPS) is 12.1. The van der Waals surface area contributed by atoms with Crippen molar-refractivity contribution in [2.24, 2.45) is 0 Å². The van der Waals surface area contributed by atoms with Gasteiger partial charge in [-0.25, -0.2) is 0 Å². The van der Waals surface area contributed by atoms with Crippen LogP contribution in [-0.2, 0) is 4.74 Å². The molecule has 0 aromatic carbocycles. The number of amides is 1. The lowest BCUT2D eigenvalue weighted by Gasteiger charge is -2.09. The van der Waals surface area contributed by atoms with Crippen molar-refractivity contribution in [3.8, 4) is 0 Å². The smallest absolute Gasteiger partial charge is 0.395 e. The van der Waals surface area contributed by atoms with Gasteiger partial charge in [-0.1, -0.05) is 0 Å². The average molecular weight is 244 g/mol. The third-order valence-corrected chi connectivity index (χ3v) is 1.85. The SMILES string of the molecule is COCC(O)CNC(=O)c1ccc([N+](=O)[O-])o1. The summed E-state index contributed by atoms with van der Waals surface area (Å²) in [5.41, 5.74) is 0. The fourth-order valence-electron chi connectivity index (χ4n) is 1.10. The number of carbonyl (C=O) groups is 1. The molecule has 0 fully saturated rings. The first-order valence-electron chi connectivity index (χ1n) is 4.74. The van der Waals surface area contributed by atoms with Gasteiger partial charge in [0.05, 0.1) is 18.8 Å². The fourth-order valence-corrected chi connectivity index (χ4v) is 1.10. The van der Waals surface area contributed by atoms with Crippen LogP contribution in [0.2, 0.25) is 0 Å². The molecule has 0 aliphatic rings. The molecule has 2 N–H and O–H groups in total. The molecule has 1 rings (SSSR count). The van der Waals surface area contributed by atoms with Gasteiger partial charge in [-0.05, 0) is 6.07 Å². The Balaban J connectivity index is 2.49. The van der Waals surface area contributed by atoms with Crippen LogP contribution >= 0.6 is 0 Å². The van der Waals surface area contributed by atoms with Crippen LogP contribution in [0.1, 0.15) is 10.6 Å². The number of methoxy groups -OCH3 is 1. The van der Waals surface area contributed by atoms with Crippen LogP contribution in [0.5, 0.6) is 0 Å². The summed E-state index contributed by atoms with van der Waals surface area (Å²) in [7, 11) is 1.42. The molecule has 1 aromatic heterocycles. The molecule has 8 nitrogen and oxygen atoms in total. The van der Waals surface area contributed by atoms with Gasteiger partial charge in [0, 0.05) is 13.7 Å². The summed E-state index contributed by atoms with van der Waals surface area (Å²) in [5.74, 6) is -1.32. The Kier molecular flexibility index (Phi) is 4.61. The van der Waals surface area contributed by atoms with Crippen molar-refractivity contribution in [3.63, 3.8) is 0 Å². The van der Waals surface area contributed by atoms with Gasteiger partial charge in [0.1, 0.15) is 4.92 Å². The Bertz CT molecular complexity index is 402. The largest absolute Gasteiger partial charge is 0.433 e. The second kappa shape index (κ2) is 5.97. The molecule has 0 bridgehead atoms. The lowest BCUT2D eigenvalue weighted by molar-refractivity contribution is -0.402. The molecule has 1 unspecified atom stereocenters. The summed E-state index contributed by atoms with van der Waals surface area (Å²) in [6, 6.07) is 2.27. The van der Waals surface area contributed by atoms with Crippen LogP contribution in [0.4, 0.5) is 5.88 Å². The van der Waals surface area contributed by atoms with E-state index in [4.69, 9.17) is 0 Å². The second-order valence-electron chi connectivity index (χ2n) is 3.21. The van der Waals surface area contributed by atoms with Crippen molar-refractivity contribution in [2.45, 2.75) is 6.10 Å². The quantitative estimate of drug-likeness (QED) is 0.534. The number of furan rings is 1. The Hall–Kier alpha value is -1.93. The first-order chi connectivity index (χ1) is 8.04. The molecule has 0 saturated heterocycles. The zero-order valence-electron chi connectivity index (χ0n) is 9.08. The standard InChI is InChI=1S/C9H12N2O6/c1-16-5-6(12)4-10-9(13)7-2-3-8(17-7)11(14)15/h2-3,6,12H,4-5H2,1H3,(H,10,13). The Morgan fingerprint density at radius 2 is 2.41 bits per heavy atom. The number of aliphatic hydroxyl groups is 1. The minimum absolute atomic E-state index is 0.0266. The van der Waals surface area contributed by atoms with E-state index < -0.39 is 22.8 Å². The molecule has 1 heterocycles. The average Bonchev–Trinajstić information content (AvgIpc) is 2.75. The molecule has 0 radical (unpaired) electrons. The zero-order chi connectivity index (χ0) is 12.8. The number of nitrogens with one attached hydrogen (secondary N) is 1. The summed E-state index contributed by atoms with van der Waals surface area (Å²) >= 11 is 0. The van der Waals surface area contributed by atoms with E-state index in [0.717, 1.165) is 6.07 Å². The molecule has 0 aliphatic heterocycles. The van der Waals surface area contributed by atoms with E-state index in [1.807, 2.05) is 0 Å². The van der Waals surface area contributed by atoms with Gasteiger partial charge in [0.25, 0.3) is 5.91 Å². The Morgan fingerprint density at radius 3 is 2.94 bits per heavy atom. The highest BCUT2D eigenvalue weighted by Gasteiger charge is 2.17. The van der Waals surface area contributed by atoms with Gasteiger partial charge < -0.3 is 19.6 Å². The number of ether oxygens (including phenoxy) is 1. The third-order valence-electron chi connectivity index (χ3n) is 1.85. The van der Waals surface area contributed by atoms with Crippen LogP contribution in [0.25, 0.3) is 0 Å². The molecule has 1 aromatic rings. The first-order valence-corrected chi connectivity index (χ1v) is 4.74. The third kappa shape index (κ3) is 3.85. The number of nitrogens with zero attached hydrogens (tertiary/aromatic N) is 1. The minimum Gasteiger partial charge on any atom is -0.395 e. The predicted octanol–water partition coefficient (Wildman–Crippen LogP) is -0.0751. The maximum Gasteiger partial charge on any atom is 0.433 e. The van der Waals surface area contributed by atoms with E-state index in [1.165, 1.54) is 13.2 Å². The number of carbonyl (C=O) groups excluding carboxylic acids is 1. The minimum atomic E-state index is -0.839. The number of aliphatic hydroxyl groups excluding tert-OH is 1. The van der Waals surface area contributed by atoms with E-state index in [9.17, 15) is 20.0 Å². The van der Waals surface area contributed by atoms with Crippen molar-refractivity contribution in [1.29, 1.82) is 0 Å². The van der Waals surface area contributed by atoms with Crippen molar-refractivity contribution in [1.82, 2.24) is 5.32 Å². The number of nitro groups is 1. The van der Waals surface area contributed by atoms with E-state index >= 15 is 0 Å². The molecule has 0 saturated carbocycles. The molecule has 0 aliphatic carbocycles. The maximum absolute atomic E-state index is 11.4. The zero-order valence-corrected chi connectivity index (χ0v) is 9.08. The summed E-state index contributed by atoms with van der Waals surface area (Å²) in [6.45, 7) is 0.0553. The maximum atomic E-state index is 11.4. The van der Waals surface area contributed by atoms with Crippen LogP contribution in [-0.4, -0.2) is 42.3 Å². The molecule has 17 heavy (non-hydrogen) atoms. The van der Waals surface area contributed by atoms with E-state index in [2.05, 4.69) is 14.5 Å². The highest BCUT2D eigenvalue weighted by atomic mass is 16.6. The monoisotopic (exact) mass is 244 g/mol. The van der Waals surface area contributed by atoms with Gasteiger partial charge in [-0.3, -0.25) is 14.9 Å². The molecular weight excluding hydrogens is 232 g/mol. The van der Waals surface area contributed by atoms with Crippen molar-refractivity contribution in [2.75, 3.05) is 20.3 Å². The molecule has 1 atom stereocenters. The van der Waals surface area contributed by atoms with Crippen molar-refractivity contribution in [3.05, 3.63) is 28.0 Å². The lowest BCUT2D eigenvalue weighted by Crippen LogP contribution is -2.34. The topological polar surface area (TPSA) is 115 Å². The highest BCUT2D eigenvalue weighted by molar-refractivity contribution is 5.91. The van der Waals surface area contributed by atoms with Gasteiger partial charge in [0.2, 0.25) is 0 Å². The Labute approximate surface area is 96.3 Å². The Morgan fingerprint density at radius 1 is 1.71 bits per heavy atom. The van der Waals surface area contributed by atoms with Gasteiger partial charge >= 0.3 is 5.88 Å². The van der Waals surface area contributed by atoms with Crippen LogP contribution in [0, 0.1) is 10.1 Å². The van der Waals surface area contributed by atoms with E-state index in [0.29, 0.717) is 0 Å². The van der Waals surface area contributed by atoms with Gasteiger partial charge in [-0.2, -0.15) is 0 Å². The molecule has 0 spiro atoms. The number of rotatable bonds is 6. The molecule has 1 amide bonds. The highest BCUT2D eigenvalue weighted by Crippen LogP contribution is 2.15. The lowest BCUT2D eigenvalue weighted by atomic mass is 10.3. The van der Waals surface area contributed by atoms with E-state index in [-0.39, 0.29) is 18.9 Å². The van der Waals surface area contributed by atoms with Gasteiger partial charge in [-0.15, -0.1) is 0 Å². The number of hydrogen-bond donors (Lipinski definition) is 2. The predicted molar refractivity (Wildman–Crippen MR) is 55.6 cm³/mol. The van der Waals surface area contributed by atoms with Crippen LogP contribution in [0.15, 0.2) is 16.5 Å². The summed E-state index contributed by atoms with van der Waals surface area (Å²) in [5, 5.41) is 21.9. The van der Waals surface area contributed by atoms with E-state index in [1.54, 1.807) is 0 Å². The van der Waals surface area contributed by atoms with Gasteiger partial charge in [0.15, 0.2) is 5.76 Å². The summed E-state index contributed by atoms with van der Waals surface area (Å²) in [4.78, 5) is 21.0. The summed E-state index contributed by atoms with van der Waals surface area (Å²) < 4.78 is 9.34. The second-order valence-corrected chi connectivity index (χ2v) is 3.21.